The number of hydrogen-bond acceptors (Lipinski definition) is 2. The molecule has 2 aromatic rings. The zero-order valence-electron chi connectivity index (χ0n) is 11.7. The summed E-state index contributed by atoms with van der Waals surface area (Å²) in [7, 11) is 0. The van der Waals surface area contributed by atoms with Crippen LogP contribution in [0.5, 0.6) is 0 Å². The van der Waals surface area contributed by atoms with Gasteiger partial charge in [0.1, 0.15) is 0 Å². The highest BCUT2D eigenvalue weighted by atomic mass is 16.2. The minimum absolute atomic E-state index is 0.0488. The number of hydrogen-bond donors (Lipinski definition) is 2. The number of benzene rings is 2. The first-order valence-corrected chi connectivity index (χ1v) is 7.24. The van der Waals surface area contributed by atoms with Gasteiger partial charge in [-0.1, -0.05) is 36.4 Å². The maximum Gasteiger partial charge on any atom is 0.224 e. The Morgan fingerprint density at radius 2 is 2.05 bits per heavy atom. The van der Waals surface area contributed by atoms with Gasteiger partial charge in [0, 0.05) is 6.54 Å². The fraction of sp³-hybridized carbons (Fsp3) is 0.353. The van der Waals surface area contributed by atoms with Crippen LogP contribution in [0.25, 0.3) is 10.8 Å². The van der Waals surface area contributed by atoms with Crippen molar-refractivity contribution in [1.29, 1.82) is 0 Å². The lowest BCUT2D eigenvalue weighted by atomic mass is 10.0. The second-order valence-corrected chi connectivity index (χ2v) is 5.53. The largest absolute Gasteiger partial charge is 0.349 e. The average molecular weight is 268 g/mol. The number of amides is 1. The van der Waals surface area contributed by atoms with Crippen LogP contribution in [-0.4, -0.2) is 19.0 Å². The summed E-state index contributed by atoms with van der Waals surface area (Å²) in [6.07, 6.45) is 0.941. The molecule has 0 radical (unpaired) electrons. The molecule has 0 aromatic heterocycles. The van der Waals surface area contributed by atoms with E-state index in [4.69, 9.17) is 0 Å². The van der Waals surface area contributed by atoms with Gasteiger partial charge >= 0.3 is 0 Å². The van der Waals surface area contributed by atoms with Crippen molar-refractivity contribution in [3.05, 3.63) is 48.0 Å². The van der Waals surface area contributed by atoms with Gasteiger partial charge in [0.25, 0.3) is 0 Å². The predicted octanol–water partition coefficient (Wildman–Crippen LogP) is 2.63. The van der Waals surface area contributed by atoms with Crippen LogP contribution in [0.15, 0.2) is 42.5 Å². The molecule has 3 rings (SSSR count). The molecule has 3 heteroatoms. The van der Waals surface area contributed by atoms with Gasteiger partial charge in [-0.05, 0) is 42.3 Å². The molecule has 0 saturated carbocycles. The van der Waals surface area contributed by atoms with E-state index >= 15 is 0 Å². The molecular weight excluding hydrogens is 248 g/mol. The van der Waals surface area contributed by atoms with E-state index in [0.29, 0.717) is 0 Å². The molecule has 104 valence electrons. The number of rotatable bonds is 3. The summed E-state index contributed by atoms with van der Waals surface area (Å²) >= 11 is 0. The molecule has 1 amide bonds. The Labute approximate surface area is 119 Å². The van der Waals surface area contributed by atoms with Crippen molar-refractivity contribution in [2.75, 3.05) is 13.1 Å². The van der Waals surface area contributed by atoms with Gasteiger partial charge in [-0.15, -0.1) is 0 Å². The average Bonchev–Trinajstić information content (AvgIpc) is 3.01. The van der Waals surface area contributed by atoms with Crippen molar-refractivity contribution < 1.29 is 4.79 Å². The Balaban J connectivity index is 1.74. The van der Waals surface area contributed by atoms with Crippen molar-refractivity contribution in [2.24, 2.45) is 5.92 Å². The van der Waals surface area contributed by atoms with Crippen LogP contribution in [0.2, 0.25) is 0 Å². The lowest BCUT2D eigenvalue weighted by molar-refractivity contribution is -0.125. The van der Waals surface area contributed by atoms with E-state index in [2.05, 4.69) is 41.0 Å². The molecule has 0 aliphatic carbocycles. The highest BCUT2D eigenvalue weighted by Crippen LogP contribution is 2.21. The second-order valence-electron chi connectivity index (χ2n) is 5.53. The van der Waals surface area contributed by atoms with Gasteiger partial charge in [-0.25, -0.2) is 0 Å². The summed E-state index contributed by atoms with van der Waals surface area (Å²) < 4.78 is 0. The van der Waals surface area contributed by atoms with Crippen molar-refractivity contribution >= 4 is 16.7 Å². The minimum Gasteiger partial charge on any atom is -0.349 e. The molecule has 2 unspecified atom stereocenters. The third kappa shape index (κ3) is 2.68. The smallest absolute Gasteiger partial charge is 0.224 e. The summed E-state index contributed by atoms with van der Waals surface area (Å²) in [5, 5.41) is 8.80. The summed E-state index contributed by atoms with van der Waals surface area (Å²) in [4.78, 5) is 12.1. The Morgan fingerprint density at radius 1 is 1.25 bits per heavy atom. The first-order chi connectivity index (χ1) is 9.74. The SMILES string of the molecule is CC(NC(=O)C1CCNC1)c1ccc2ccccc2c1. The molecule has 2 aromatic carbocycles. The van der Waals surface area contributed by atoms with Crippen LogP contribution in [0.4, 0.5) is 0 Å². The Hall–Kier alpha value is -1.87. The molecule has 0 bridgehead atoms. The summed E-state index contributed by atoms with van der Waals surface area (Å²) in [5.41, 5.74) is 1.16. The second kappa shape index (κ2) is 5.63. The van der Waals surface area contributed by atoms with Gasteiger partial charge in [0.05, 0.1) is 12.0 Å². The number of carbonyl (C=O) groups excluding carboxylic acids is 1. The molecule has 1 aliphatic rings. The first-order valence-electron chi connectivity index (χ1n) is 7.24. The zero-order valence-corrected chi connectivity index (χ0v) is 11.7. The maximum absolute atomic E-state index is 12.1. The fourth-order valence-electron chi connectivity index (χ4n) is 2.77. The van der Waals surface area contributed by atoms with E-state index in [0.717, 1.165) is 25.1 Å². The predicted molar refractivity (Wildman–Crippen MR) is 81.5 cm³/mol. The highest BCUT2D eigenvalue weighted by molar-refractivity contribution is 5.83. The lowest BCUT2D eigenvalue weighted by Gasteiger charge is -2.17. The van der Waals surface area contributed by atoms with Gasteiger partial charge in [-0.3, -0.25) is 4.79 Å². The number of fused-ring (bicyclic) bond motifs is 1. The molecule has 1 heterocycles. The Morgan fingerprint density at radius 3 is 2.80 bits per heavy atom. The zero-order chi connectivity index (χ0) is 13.9. The topological polar surface area (TPSA) is 41.1 Å². The first kappa shape index (κ1) is 13.1. The highest BCUT2D eigenvalue weighted by Gasteiger charge is 2.23. The minimum atomic E-state index is 0.0488. The summed E-state index contributed by atoms with van der Waals surface area (Å²) in [6, 6.07) is 14.7. The van der Waals surface area contributed by atoms with Crippen molar-refractivity contribution in [3.63, 3.8) is 0 Å². The molecule has 20 heavy (non-hydrogen) atoms. The van der Waals surface area contributed by atoms with Crippen molar-refractivity contribution in [1.82, 2.24) is 10.6 Å². The molecule has 1 aliphatic heterocycles. The van der Waals surface area contributed by atoms with E-state index in [1.54, 1.807) is 0 Å². The third-order valence-electron chi connectivity index (χ3n) is 4.06. The maximum atomic E-state index is 12.1. The van der Waals surface area contributed by atoms with Gasteiger partial charge in [0.2, 0.25) is 5.91 Å². The summed E-state index contributed by atoms with van der Waals surface area (Å²) in [6.45, 7) is 3.79. The fourth-order valence-corrected chi connectivity index (χ4v) is 2.77. The summed E-state index contributed by atoms with van der Waals surface area (Å²) in [5.74, 6) is 0.286. The molecular formula is C17H20N2O. The van der Waals surface area contributed by atoms with E-state index in [9.17, 15) is 4.79 Å². The monoisotopic (exact) mass is 268 g/mol. The Kier molecular flexibility index (Phi) is 3.70. The van der Waals surface area contributed by atoms with E-state index < -0.39 is 0 Å². The van der Waals surface area contributed by atoms with Gasteiger partial charge in [0.15, 0.2) is 0 Å². The lowest BCUT2D eigenvalue weighted by Crippen LogP contribution is -2.33. The van der Waals surface area contributed by atoms with Crippen molar-refractivity contribution in [3.8, 4) is 0 Å². The van der Waals surface area contributed by atoms with Crippen molar-refractivity contribution in [2.45, 2.75) is 19.4 Å². The van der Waals surface area contributed by atoms with Crippen LogP contribution < -0.4 is 10.6 Å². The standard InChI is InChI=1S/C17H20N2O/c1-12(19-17(20)16-8-9-18-11-16)14-7-6-13-4-2-3-5-15(13)10-14/h2-7,10,12,16,18H,8-9,11H2,1H3,(H,19,20). The van der Waals surface area contributed by atoms with Crippen LogP contribution in [0.3, 0.4) is 0 Å². The van der Waals surface area contributed by atoms with E-state index in [-0.39, 0.29) is 17.9 Å². The number of nitrogens with one attached hydrogen (secondary N) is 2. The van der Waals surface area contributed by atoms with Crippen LogP contribution in [0.1, 0.15) is 24.9 Å². The van der Waals surface area contributed by atoms with Crippen LogP contribution in [-0.2, 0) is 4.79 Å². The molecule has 2 atom stereocenters. The van der Waals surface area contributed by atoms with Gasteiger partial charge in [-0.2, -0.15) is 0 Å². The molecule has 0 spiro atoms. The van der Waals surface area contributed by atoms with Crippen LogP contribution >= 0.6 is 0 Å². The number of carbonyl (C=O) groups is 1. The molecule has 3 nitrogen and oxygen atoms in total. The Bertz CT molecular complexity index is 617. The third-order valence-corrected chi connectivity index (χ3v) is 4.06. The molecule has 1 saturated heterocycles. The molecule has 1 fully saturated rings. The molecule has 2 N–H and O–H groups in total. The van der Waals surface area contributed by atoms with Crippen LogP contribution in [0, 0.1) is 5.92 Å². The van der Waals surface area contributed by atoms with E-state index in [1.165, 1.54) is 10.8 Å². The van der Waals surface area contributed by atoms with Gasteiger partial charge < -0.3 is 10.6 Å². The normalized spacial score (nSPS) is 19.9. The van der Waals surface area contributed by atoms with E-state index in [1.807, 2.05) is 19.1 Å². The quantitative estimate of drug-likeness (QED) is 0.898.